The van der Waals surface area contributed by atoms with Crippen LogP contribution in [0.3, 0.4) is 0 Å². The molecule has 6 heteroatoms. The van der Waals surface area contributed by atoms with Crippen LogP contribution in [0.4, 0.5) is 5.69 Å². The highest BCUT2D eigenvalue weighted by Gasteiger charge is 2.20. The van der Waals surface area contributed by atoms with E-state index < -0.39 is 0 Å². The summed E-state index contributed by atoms with van der Waals surface area (Å²) < 4.78 is 0. The molecule has 1 aliphatic rings. The zero-order chi connectivity index (χ0) is 16.1. The van der Waals surface area contributed by atoms with Crippen molar-refractivity contribution in [3.8, 4) is 0 Å². The third-order valence-corrected chi connectivity index (χ3v) is 4.90. The molecule has 0 saturated carbocycles. The average molecular weight is 368 g/mol. The minimum atomic E-state index is -0.195. The second-order valence-corrected chi connectivity index (χ2v) is 6.64. The van der Waals surface area contributed by atoms with Crippen LogP contribution < -0.4 is 5.32 Å². The molecule has 1 heterocycles. The van der Waals surface area contributed by atoms with Crippen molar-refractivity contribution in [3.05, 3.63) is 29.8 Å². The highest BCUT2D eigenvalue weighted by atomic mass is 79.9. The predicted octanol–water partition coefficient (Wildman–Crippen LogP) is 2.19. The van der Waals surface area contributed by atoms with Crippen molar-refractivity contribution in [1.82, 2.24) is 9.80 Å². The van der Waals surface area contributed by atoms with Crippen LogP contribution in [0.25, 0.3) is 0 Å². The number of hydrogen-bond donors (Lipinski definition) is 1. The van der Waals surface area contributed by atoms with Gasteiger partial charge in [0.25, 0.3) is 5.91 Å². The number of hydrogen-bond acceptors (Lipinski definition) is 3. The van der Waals surface area contributed by atoms with Gasteiger partial charge >= 0.3 is 0 Å². The van der Waals surface area contributed by atoms with E-state index in [0.717, 1.165) is 32.6 Å². The molecule has 1 fully saturated rings. The summed E-state index contributed by atoms with van der Waals surface area (Å²) in [5.41, 5.74) is 1.37. The van der Waals surface area contributed by atoms with Crippen LogP contribution in [0, 0.1) is 0 Å². The lowest BCUT2D eigenvalue weighted by atomic mass is 10.1. The van der Waals surface area contributed by atoms with Gasteiger partial charge in [-0.3, -0.25) is 9.59 Å². The highest BCUT2D eigenvalue weighted by molar-refractivity contribution is 9.10. The van der Waals surface area contributed by atoms with Crippen molar-refractivity contribution < 1.29 is 9.59 Å². The fourth-order valence-corrected chi connectivity index (χ4v) is 2.41. The second kappa shape index (κ2) is 7.74. The fraction of sp³-hybridized carbons (Fsp3) is 0.500. The zero-order valence-electron chi connectivity index (χ0n) is 13.0. The molecule has 0 aliphatic carbocycles. The minimum absolute atomic E-state index is 0.0536. The monoisotopic (exact) mass is 367 g/mol. The van der Waals surface area contributed by atoms with Gasteiger partial charge in [-0.15, -0.1) is 0 Å². The number of amides is 2. The number of likely N-dealkylation sites (N-methyl/N-ethyl adjacent to an activating group) is 1. The standard InChI is InChI=1S/C16H22BrN3O2/c1-3-14(17)15(21)18-13-6-4-12(5-7-13)16(22)20-10-8-19(2)9-11-20/h4-7,14H,3,8-11H2,1-2H3,(H,18,21). The minimum Gasteiger partial charge on any atom is -0.336 e. The lowest BCUT2D eigenvalue weighted by Gasteiger charge is -2.32. The summed E-state index contributed by atoms with van der Waals surface area (Å²) in [4.78, 5) is 28.1. The first-order valence-electron chi connectivity index (χ1n) is 7.54. The molecule has 0 bridgehead atoms. The van der Waals surface area contributed by atoms with E-state index in [9.17, 15) is 9.59 Å². The first-order chi connectivity index (χ1) is 10.5. The molecule has 5 nitrogen and oxygen atoms in total. The Morgan fingerprint density at radius 3 is 2.32 bits per heavy atom. The summed E-state index contributed by atoms with van der Waals surface area (Å²) in [6, 6.07) is 7.09. The molecule has 0 radical (unpaired) electrons. The Kier molecular flexibility index (Phi) is 5.97. The summed E-state index contributed by atoms with van der Waals surface area (Å²) >= 11 is 3.32. The van der Waals surface area contributed by atoms with E-state index in [1.54, 1.807) is 24.3 Å². The first kappa shape index (κ1) is 17.0. The Balaban J connectivity index is 1.96. The Morgan fingerprint density at radius 1 is 1.18 bits per heavy atom. The van der Waals surface area contributed by atoms with Crippen LogP contribution in [-0.2, 0) is 4.79 Å². The predicted molar refractivity (Wildman–Crippen MR) is 91.5 cm³/mol. The summed E-state index contributed by atoms with van der Waals surface area (Å²) in [6.07, 6.45) is 0.728. The van der Waals surface area contributed by atoms with Gasteiger partial charge in [-0.1, -0.05) is 22.9 Å². The van der Waals surface area contributed by atoms with Crippen LogP contribution in [0.1, 0.15) is 23.7 Å². The van der Waals surface area contributed by atoms with Crippen molar-refractivity contribution in [2.24, 2.45) is 0 Å². The largest absolute Gasteiger partial charge is 0.336 e. The molecule has 1 aromatic carbocycles. The first-order valence-corrected chi connectivity index (χ1v) is 8.45. The summed E-state index contributed by atoms with van der Waals surface area (Å²) in [6.45, 7) is 5.27. The number of carbonyl (C=O) groups is 2. The van der Waals surface area contributed by atoms with Crippen LogP contribution in [0.2, 0.25) is 0 Å². The van der Waals surface area contributed by atoms with Crippen molar-refractivity contribution >= 4 is 33.4 Å². The van der Waals surface area contributed by atoms with Gasteiger partial charge in [0.05, 0.1) is 4.83 Å². The third kappa shape index (κ3) is 4.30. The number of carbonyl (C=O) groups excluding carboxylic acids is 2. The molecule has 0 aromatic heterocycles. The van der Waals surface area contributed by atoms with E-state index in [2.05, 4.69) is 33.2 Å². The molecule has 2 amide bonds. The third-order valence-electron chi connectivity index (χ3n) is 3.83. The lowest BCUT2D eigenvalue weighted by molar-refractivity contribution is -0.115. The molecule has 1 unspecified atom stereocenters. The molecule has 120 valence electrons. The molecule has 2 rings (SSSR count). The van der Waals surface area contributed by atoms with Gasteiger partial charge in [0, 0.05) is 37.4 Å². The molecule has 0 spiro atoms. The van der Waals surface area contributed by atoms with Gasteiger partial charge in [-0.05, 0) is 37.7 Å². The number of anilines is 1. The van der Waals surface area contributed by atoms with Crippen molar-refractivity contribution in [2.75, 3.05) is 38.5 Å². The molecule has 1 aromatic rings. The summed E-state index contributed by atoms with van der Waals surface area (Å²) in [5, 5.41) is 2.83. The number of benzene rings is 1. The van der Waals surface area contributed by atoms with Gasteiger partial charge in [-0.2, -0.15) is 0 Å². The number of nitrogens with zero attached hydrogens (tertiary/aromatic N) is 2. The Hall–Kier alpha value is -1.40. The van der Waals surface area contributed by atoms with E-state index in [4.69, 9.17) is 0 Å². The number of alkyl halides is 1. The average Bonchev–Trinajstić information content (AvgIpc) is 2.54. The van der Waals surface area contributed by atoms with Crippen LogP contribution in [0.5, 0.6) is 0 Å². The van der Waals surface area contributed by atoms with Crippen LogP contribution in [-0.4, -0.2) is 59.7 Å². The van der Waals surface area contributed by atoms with Gasteiger partial charge in [-0.25, -0.2) is 0 Å². The van der Waals surface area contributed by atoms with Gasteiger partial charge in [0.1, 0.15) is 0 Å². The number of halogens is 1. The molecular formula is C16H22BrN3O2. The highest BCUT2D eigenvalue weighted by Crippen LogP contribution is 2.15. The molecule has 1 saturated heterocycles. The van der Waals surface area contributed by atoms with E-state index >= 15 is 0 Å². The topological polar surface area (TPSA) is 52.7 Å². The Morgan fingerprint density at radius 2 is 1.77 bits per heavy atom. The van der Waals surface area contributed by atoms with E-state index in [1.807, 2.05) is 11.8 Å². The SMILES string of the molecule is CCC(Br)C(=O)Nc1ccc(C(=O)N2CCN(C)CC2)cc1. The maximum Gasteiger partial charge on any atom is 0.253 e. The fourth-order valence-electron chi connectivity index (χ4n) is 2.29. The van der Waals surface area contributed by atoms with E-state index in [-0.39, 0.29) is 16.6 Å². The summed E-state index contributed by atoms with van der Waals surface area (Å²) in [5.74, 6) is -0.0152. The van der Waals surface area contributed by atoms with Crippen molar-refractivity contribution in [2.45, 2.75) is 18.2 Å². The second-order valence-electron chi connectivity index (χ2n) is 5.54. The molecule has 1 atom stereocenters. The van der Waals surface area contributed by atoms with Crippen molar-refractivity contribution in [1.29, 1.82) is 0 Å². The maximum absolute atomic E-state index is 12.4. The normalized spacial score (nSPS) is 17.1. The number of rotatable bonds is 4. The molecule has 1 aliphatic heterocycles. The molecule has 22 heavy (non-hydrogen) atoms. The van der Waals surface area contributed by atoms with E-state index in [0.29, 0.717) is 11.3 Å². The zero-order valence-corrected chi connectivity index (χ0v) is 14.6. The van der Waals surface area contributed by atoms with Crippen molar-refractivity contribution in [3.63, 3.8) is 0 Å². The smallest absolute Gasteiger partial charge is 0.253 e. The lowest BCUT2D eigenvalue weighted by Crippen LogP contribution is -2.47. The molecular weight excluding hydrogens is 346 g/mol. The van der Waals surface area contributed by atoms with Gasteiger partial charge < -0.3 is 15.1 Å². The van der Waals surface area contributed by atoms with Crippen LogP contribution in [0.15, 0.2) is 24.3 Å². The quantitative estimate of drug-likeness (QED) is 0.829. The van der Waals surface area contributed by atoms with Gasteiger partial charge in [0.15, 0.2) is 0 Å². The van der Waals surface area contributed by atoms with Crippen LogP contribution >= 0.6 is 15.9 Å². The van der Waals surface area contributed by atoms with E-state index in [1.165, 1.54) is 0 Å². The maximum atomic E-state index is 12.4. The molecule has 1 N–H and O–H groups in total. The van der Waals surface area contributed by atoms with Gasteiger partial charge in [0.2, 0.25) is 5.91 Å². The Bertz CT molecular complexity index is 525. The summed E-state index contributed by atoms with van der Waals surface area (Å²) in [7, 11) is 2.06. The Labute approximate surface area is 139 Å². The number of piperazine rings is 1. The number of nitrogens with one attached hydrogen (secondary N) is 1.